The molecule has 0 saturated carbocycles. The Hall–Kier alpha value is -7.96. The number of hydrogen-bond donors (Lipinski definition) is 2. The third kappa shape index (κ3) is 17.9. The molecule has 21 nitrogen and oxygen atoms in total. The summed E-state index contributed by atoms with van der Waals surface area (Å²) in [5, 5.41) is 26.5. The van der Waals surface area contributed by atoms with Crippen LogP contribution in [0.1, 0.15) is 141 Å². The summed E-state index contributed by atoms with van der Waals surface area (Å²) in [4.78, 5) is 25.1. The fourth-order valence-electron chi connectivity index (χ4n) is 10.7. The number of carboxylic acids is 1. The summed E-state index contributed by atoms with van der Waals surface area (Å²) in [5.74, 6) is 0.194. The van der Waals surface area contributed by atoms with Crippen LogP contribution in [-0.2, 0) is 61.6 Å². The molecule has 0 radical (unpaired) electrons. The number of ether oxygens (including phenoxy) is 5. The molecule has 0 bridgehead atoms. The lowest BCUT2D eigenvalue weighted by atomic mass is 9.86. The number of rotatable bonds is 33. The third-order valence-corrected chi connectivity index (χ3v) is 19.6. The molecule has 3 N–H and O–H groups in total. The Balaban J connectivity index is 0.000000256. The molecule has 2 aromatic heterocycles. The molecule has 0 aliphatic heterocycles. The number of esters is 1. The van der Waals surface area contributed by atoms with Crippen LogP contribution in [-0.4, -0.2) is 127 Å². The average Bonchev–Trinajstić information content (AvgIpc) is 1.82. The van der Waals surface area contributed by atoms with Crippen LogP contribution in [0.3, 0.4) is 0 Å². The van der Waals surface area contributed by atoms with Crippen molar-refractivity contribution >= 4 is 54.1 Å². The fourth-order valence-corrected chi connectivity index (χ4v) is 13.0. The number of aryl methyl sites for hydroxylation is 4. The number of nitrogens with two attached hydrogens (primary N) is 1. The first-order valence-electron chi connectivity index (χ1n) is 30.5. The van der Waals surface area contributed by atoms with E-state index < -0.39 is 31.9 Å². The molecule has 6 aromatic carbocycles. The minimum Gasteiger partial charge on any atom is -0.494 e. The Morgan fingerprint density at radius 1 is 0.567 bits per heavy atom. The van der Waals surface area contributed by atoms with Gasteiger partial charge in [0.05, 0.1) is 56.7 Å². The van der Waals surface area contributed by atoms with E-state index in [0.29, 0.717) is 64.9 Å². The number of benzene rings is 6. The van der Waals surface area contributed by atoms with Crippen LogP contribution in [0.2, 0.25) is 0 Å². The maximum Gasteiger partial charge on any atom is 0.306 e. The van der Waals surface area contributed by atoms with Crippen molar-refractivity contribution in [3.63, 3.8) is 0 Å². The minimum atomic E-state index is -3.80. The van der Waals surface area contributed by atoms with Gasteiger partial charge in [0, 0.05) is 53.1 Å². The van der Waals surface area contributed by atoms with E-state index in [-0.39, 0.29) is 54.2 Å². The number of fused-ring (bicyclic) bond motifs is 2. The van der Waals surface area contributed by atoms with Gasteiger partial charge in [0.15, 0.2) is 0 Å². The summed E-state index contributed by atoms with van der Waals surface area (Å²) in [6, 6.07) is 32.0. The van der Waals surface area contributed by atoms with Gasteiger partial charge in [0.1, 0.15) is 45.1 Å². The van der Waals surface area contributed by atoms with E-state index in [9.17, 15) is 31.5 Å². The number of methoxy groups -OCH3 is 2. The molecule has 2 unspecified atom stereocenters. The van der Waals surface area contributed by atoms with Crippen molar-refractivity contribution in [1.82, 2.24) is 38.6 Å². The van der Waals surface area contributed by atoms with Gasteiger partial charge in [-0.3, -0.25) is 9.59 Å². The molecule has 23 heteroatoms. The lowest BCUT2D eigenvalue weighted by molar-refractivity contribution is -0.143. The van der Waals surface area contributed by atoms with Gasteiger partial charge < -0.3 is 34.5 Å². The van der Waals surface area contributed by atoms with Crippen LogP contribution in [0, 0.1) is 13.8 Å². The molecule has 8 aromatic rings. The number of aromatic nitrogens is 6. The van der Waals surface area contributed by atoms with Crippen molar-refractivity contribution in [2.24, 2.45) is 19.8 Å². The van der Waals surface area contributed by atoms with Crippen LogP contribution >= 0.6 is 0 Å². The Morgan fingerprint density at radius 2 is 0.989 bits per heavy atom. The zero-order valence-electron chi connectivity index (χ0n) is 53.5. The monoisotopic (exact) mass is 1270 g/mol. The highest BCUT2D eigenvalue weighted by Crippen LogP contribution is 2.38. The maximum atomic E-state index is 13.6. The van der Waals surface area contributed by atoms with Gasteiger partial charge in [-0.15, -0.1) is 10.2 Å². The number of carbonyl (C=O) groups excluding carboxylic acids is 1. The van der Waals surface area contributed by atoms with Crippen molar-refractivity contribution in [3.05, 3.63) is 154 Å². The predicted molar refractivity (Wildman–Crippen MR) is 347 cm³/mol. The molecular formula is C67H87N9O12S2. The molecule has 2 heterocycles. The molecule has 0 aliphatic rings. The SMILES string of the molecule is CCCCCCCOc1ccc(S(=O)(=O)N(C)Cc2cc(C(CC(=O)OCC)c3cc(OC)c4c(c3)nnn4C)ccc2C)cc1.COc1cc(C(CC(=O)O)c2ccc(C)c(CN(C)S(=O)(=O)c3ccc(OCCCCCCN)cc3)c2)cc2nnn(C)c12. The number of aliphatic carboxylic acids is 1. The van der Waals surface area contributed by atoms with Crippen LogP contribution in [0.15, 0.2) is 119 Å². The van der Waals surface area contributed by atoms with Gasteiger partial charge in [-0.2, -0.15) is 8.61 Å². The van der Waals surface area contributed by atoms with Gasteiger partial charge >= 0.3 is 11.9 Å². The van der Waals surface area contributed by atoms with E-state index in [1.165, 1.54) is 34.9 Å². The Kier molecular flexibility index (Phi) is 25.2. The molecule has 484 valence electrons. The van der Waals surface area contributed by atoms with Crippen molar-refractivity contribution in [1.29, 1.82) is 0 Å². The van der Waals surface area contributed by atoms with Gasteiger partial charge in [-0.1, -0.05) is 92.3 Å². The van der Waals surface area contributed by atoms with E-state index in [4.69, 9.17) is 29.4 Å². The third-order valence-electron chi connectivity index (χ3n) is 16.0. The molecule has 90 heavy (non-hydrogen) atoms. The lowest BCUT2D eigenvalue weighted by Gasteiger charge is -2.22. The number of carboxylic acid groups (broad SMARTS) is 1. The highest BCUT2D eigenvalue weighted by atomic mass is 32.2. The van der Waals surface area contributed by atoms with Crippen molar-refractivity contribution in [3.8, 4) is 23.0 Å². The highest BCUT2D eigenvalue weighted by molar-refractivity contribution is 7.89. The van der Waals surface area contributed by atoms with Crippen LogP contribution < -0.4 is 24.7 Å². The molecular weight excluding hydrogens is 1190 g/mol. The predicted octanol–water partition coefficient (Wildman–Crippen LogP) is 11.2. The van der Waals surface area contributed by atoms with Crippen LogP contribution in [0.25, 0.3) is 22.1 Å². The van der Waals surface area contributed by atoms with Crippen LogP contribution in [0.5, 0.6) is 23.0 Å². The molecule has 0 spiro atoms. The zero-order chi connectivity index (χ0) is 65.1. The standard InChI is InChI=1S/C35H46N4O6S.C32H41N5O6S/c1-7-9-10-11-12-19-45-29-15-17-30(18-16-29)46(41,42)38(4)24-28-20-26(14-13-25(28)3)31(23-34(40)44-8-2)27-21-32-35(33(22-27)43-6)39(5)37-36-32;1-22-9-10-23(28(20-31(38)39)24-18-29-32(30(19-24)42-4)37(3)35-34-29)17-25(22)21-36(2)44(40,41)27-13-11-26(12-14-27)43-16-8-6-5-7-15-33/h13-18,20-22,31H,7-12,19,23-24H2,1-6H3;9-14,17-19,28H,5-8,15-16,20-21,33H2,1-4H3,(H,38,39). The second kappa shape index (κ2) is 32.7. The number of nitrogens with zero attached hydrogens (tertiary/aromatic N) is 8. The maximum absolute atomic E-state index is 13.6. The largest absolute Gasteiger partial charge is 0.494 e. The highest BCUT2D eigenvalue weighted by Gasteiger charge is 2.28. The molecule has 0 amide bonds. The Morgan fingerprint density at radius 3 is 1.39 bits per heavy atom. The van der Waals surface area contributed by atoms with Crippen molar-refractivity contribution in [2.75, 3.05) is 54.7 Å². The minimum absolute atomic E-state index is 0.0898. The quantitative estimate of drug-likeness (QED) is 0.0286. The molecule has 2 atom stereocenters. The molecule has 0 aliphatic carbocycles. The molecule has 0 fully saturated rings. The lowest BCUT2D eigenvalue weighted by Crippen LogP contribution is -2.27. The number of carbonyl (C=O) groups is 2. The second-order valence-electron chi connectivity index (χ2n) is 22.5. The molecule has 8 rings (SSSR count). The van der Waals surface area contributed by atoms with Gasteiger partial charge in [0.25, 0.3) is 0 Å². The summed E-state index contributed by atoms with van der Waals surface area (Å²) in [7, 11) is 2.22. The number of sulfonamides is 2. The first-order chi connectivity index (χ1) is 43.1. The van der Waals surface area contributed by atoms with E-state index in [1.807, 2.05) is 74.5 Å². The molecule has 0 saturated heterocycles. The van der Waals surface area contributed by atoms with E-state index >= 15 is 0 Å². The zero-order valence-corrected chi connectivity index (χ0v) is 55.1. The van der Waals surface area contributed by atoms with Gasteiger partial charge in [0.2, 0.25) is 20.0 Å². The second-order valence-corrected chi connectivity index (χ2v) is 26.6. The summed E-state index contributed by atoms with van der Waals surface area (Å²) in [6.45, 7) is 10.2. The number of hydrogen-bond acceptors (Lipinski definition) is 16. The normalized spacial score (nSPS) is 12.5. The summed E-state index contributed by atoms with van der Waals surface area (Å²) < 4.78 is 88.1. The van der Waals surface area contributed by atoms with Crippen LogP contribution in [0.4, 0.5) is 0 Å². The summed E-state index contributed by atoms with van der Waals surface area (Å²) >= 11 is 0. The van der Waals surface area contributed by atoms with Crippen molar-refractivity contribution < 1.29 is 55.2 Å². The van der Waals surface area contributed by atoms with Gasteiger partial charge in [-0.05, 0) is 164 Å². The average molecular weight is 1270 g/mol. The fraction of sp³-hybridized carbons (Fsp3) is 0.433. The Labute approximate surface area is 529 Å². The summed E-state index contributed by atoms with van der Waals surface area (Å²) in [6.07, 6.45) is 9.67. The first-order valence-corrected chi connectivity index (χ1v) is 33.4. The van der Waals surface area contributed by atoms with Crippen molar-refractivity contribution in [2.45, 2.75) is 133 Å². The topological polar surface area (TPSA) is 263 Å². The summed E-state index contributed by atoms with van der Waals surface area (Å²) in [5.41, 5.74) is 14.8. The Bertz CT molecular complexity index is 3910. The smallest absolute Gasteiger partial charge is 0.306 e. The van der Waals surface area contributed by atoms with E-state index in [1.54, 1.807) is 100 Å². The van der Waals surface area contributed by atoms with E-state index in [0.717, 1.165) is 83.0 Å². The number of unbranched alkanes of at least 4 members (excludes halogenated alkanes) is 7. The first kappa shape index (κ1) is 69.5. The van der Waals surface area contributed by atoms with Gasteiger partial charge in [-0.25, -0.2) is 26.2 Å². The van der Waals surface area contributed by atoms with E-state index in [2.05, 4.69) is 27.5 Å².